The zero-order valence-electron chi connectivity index (χ0n) is 16.7. The number of halogens is 2. The summed E-state index contributed by atoms with van der Waals surface area (Å²) in [6.07, 6.45) is 11.5. The summed E-state index contributed by atoms with van der Waals surface area (Å²) in [6.45, 7) is 0. The summed E-state index contributed by atoms with van der Waals surface area (Å²) in [4.78, 5) is 0. The Morgan fingerprint density at radius 3 is 0.962 bits per heavy atom. The highest BCUT2D eigenvalue weighted by Crippen LogP contribution is 2.72. The van der Waals surface area contributed by atoms with E-state index in [1.54, 1.807) is 11.1 Å². The maximum absolute atomic E-state index is 2.75. The molecule has 0 aliphatic carbocycles. The Morgan fingerprint density at radius 1 is 0.538 bits per heavy atom. The van der Waals surface area contributed by atoms with Crippen LogP contribution in [-0.2, 0) is 11.5 Å². The van der Waals surface area contributed by atoms with E-state index >= 15 is 0 Å². The van der Waals surface area contributed by atoms with Crippen molar-refractivity contribution in [2.45, 2.75) is 11.5 Å². The predicted molar refractivity (Wildman–Crippen MR) is 150 cm³/mol. The minimum absolute atomic E-state index is 1.19. The average Bonchev–Trinajstić information content (AvgIpc) is 2.47. The molecule has 0 atom stereocenters. The standard InChI is InChI=1S/C22H32I2S2/c1-25(2,3,23)15-21-17-11-7-9-13-19(17)22(16-26(4,5,6)24)20-14-10-8-12-18(20)21/h7-14,25-26H,15-16H2,1-6H3. The maximum atomic E-state index is 2.75. The summed E-state index contributed by atoms with van der Waals surface area (Å²) < 4.78 is 0. The van der Waals surface area contributed by atoms with Crippen LogP contribution in [0.25, 0.3) is 21.5 Å². The second-order valence-corrected chi connectivity index (χ2v) is 44.0. The smallest absolute Gasteiger partial charge is 0.00276 e. The third-order valence-electron chi connectivity index (χ3n) is 4.54. The quantitative estimate of drug-likeness (QED) is 0.169. The molecule has 0 fully saturated rings. The molecule has 3 rings (SSSR count). The minimum Gasteiger partial charge on any atom is -0.244 e. The fourth-order valence-electron chi connectivity index (χ4n) is 3.72. The van der Waals surface area contributed by atoms with Crippen LogP contribution >= 0.6 is 55.1 Å². The molecule has 0 saturated heterocycles. The van der Waals surface area contributed by atoms with Gasteiger partial charge in [-0.25, -0.2) is 12.7 Å². The Bertz CT molecular complexity index is 847. The van der Waals surface area contributed by atoms with E-state index in [1.807, 2.05) is 0 Å². The van der Waals surface area contributed by atoms with Crippen LogP contribution in [0.3, 0.4) is 0 Å². The number of thiol groups is 2. The molecule has 3 aromatic rings. The average molecular weight is 614 g/mol. The molecular formula is C22H32I2S2. The molecule has 0 aliphatic rings. The van der Waals surface area contributed by atoms with Crippen LogP contribution < -0.4 is 0 Å². The molecular weight excluding hydrogens is 582 g/mol. The van der Waals surface area contributed by atoms with E-state index in [1.165, 1.54) is 33.1 Å². The molecule has 0 N–H and O–H groups in total. The summed E-state index contributed by atoms with van der Waals surface area (Å²) >= 11 is 5.50. The van der Waals surface area contributed by atoms with Crippen molar-refractivity contribution >= 4 is 76.6 Å². The lowest BCUT2D eigenvalue weighted by atomic mass is 9.93. The summed E-state index contributed by atoms with van der Waals surface area (Å²) in [5.74, 6) is 2.37. The van der Waals surface area contributed by atoms with Gasteiger partial charge >= 0.3 is 0 Å². The number of hydrogen-bond donors (Lipinski definition) is 2. The van der Waals surface area contributed by atoms with Gasteiger partial charge in [-0.05, 0) is 124 Å². The first-order valence-electron chi connectivity index (χ1n) is 9.02. The van der Waals surface area contributed by atoms with Gasteiger partial charge in [0.2, 0.25) is 0 Å². The van der Waals surface area contributed by atoms with E-state index in [0.29, 0.717) is 0 Å². The van der Waals surface area contributed by atoms with E-state index in [4.69, 9.17) is 0 Å². The van der Waals surface area contributed by atoms with Gasteiger partial charge in [-0.3, -0.25) is 0 Å². The van der Waals surface area contributed by atoms with Gasteiger partial charge in [0.05, 0.1) is 0 Å². The van der Waals surface area contributed by atoms with Crippen LogP contribution in [0, 0.1) is 0 Å². The van der Waals surface area contributed by atoms with Crippen molar-refractivity contribution in [2.75, 3.05) is 37.5 Å². The summed E-state index contributed by atoms with van der Waals surface area (Å²) in [6, 6.07) is 18.2. The van der Waals surface area contributed by atoms with Gasteiger partial charge in [0, 0.05) is 0 Å². The number of benzene rings is 3. The third-order valence-corrected chi connectivity index (χ3v) is 9.35. The topological polar surface area (TPSA) is 0 Å². The van der Waals surface area contributed by atoms with Crippen molar-refractivity contribution in [2.24, 2.45) is 0 Å². The highest BCUT2D eigenvalue weighted by Gasteiger charge is 2.27. The van der Waals surface area contributed by atoms with Crippen molar-refractivity contribution in [3.63, 3.8) is 0 Å². The maximum Gasteiger partial charge on any atom is -0.00276 e. The van der Waals surface area contributed by atoms with Gasteiger partial charge in [0.1, 0.15) is 0 Å². The van der Waals surface area contributed by atoms with E-state index in [9.17, 15) is 0 Å². The van der Waals surface area contributed by atoms with Crippen LogP contribution in [0.5, 0.6) is 0 Å². The van der Waals surface area contributed by atoms with Gasteiger partial charge in [-0.2, -0.15) is 0 Å². The zero-order chi connectivity index (χ0) is 19.4. The third kappa shape index (κ3) is 5.23. The first-order chi connectivity index (χ1) is 11.7. The zero-order valence-corrected chi connectivity index (χ0v) is 22.8. The van der Waals surface area contributed by atoms with Gasteiger partial charge in [0.25, 0.3) is 0 Å². The molecule has 0 nitrogen and oxygen atoms in total. The summed E-state index contributed by atoms with van der Waals surface area (Å²) in [5, 5.41) is 5.87. The lowest BCUT2D eigenvalue weighted by molar-refractivity contribution is 1.43. The first kappa shape index (κ1) is 21.1. The molecule has 0 radical (unpaired) electrons. The Kier molecular flexibility index (Phi) is 5.20. The molecule has 0 aliphatic heterocycles. The summed E-state index contributed by atoms with van der Waals surface area (Å²) in [7, 11) is 0. The molecule has 0 heterocycles. The Morgan fingerprint density at radius 2 is 0.769 bits per heavy atom. The molecule has 0 aromatic heterocycles. The lowest BCUT2D eigenvalue weighted by Crippen LogP contribution is -2.11. The molecule has 146 valence electrons. The van der Waals surface area contributed by atoms with Gasteiger partial charge in [-0.1, -0.05) is 48.5 Å². The van der Waals surface area contributed by atoms with Gasteiger partial charge in [0.15, 0.2) is 0 Å². The fourth-order valence-corrected chi connectivity index (χ4v) is 8.58. The lowest BCUT2D eigenvalue weighted by Gasteiger charge is -2.46. The van der Waals surface area contributed by atoms with E-state index in [0.717, 1.165) is 0 Å². The van der Waals surface area contributed by atoms with Gasteiger partial charge in [-0.15, -0.1) is 0 Å². The van der Waals surface area contributed by atoms with E-state index in [-0.39, 0.29) is 0 Å². The highest BCUT2D eigenvalue weighted by atomic mass is 127. The van der Waals surface area contributed by atoms with Crippen LogP contribution in [-0.4, -0.2) is 37.5 Å². The second kappa shape index (κ2) is 6.42. The fraction of sp³-hybridized carbons (Fsp3) is 0.364. The van der Waals surface area contributed by atoms with Crippen LogP contribution in [0.15, 0.2) is 48.5 Å². The van der Waals surface area contributed by atoms with Crippen molar-refractivity contribution in [3.05, 3.63) is 59.7 Å². The van der Waals surface area contributed by atoms with E-state index < -0.39 is 12.7 Å². The molecule has 0 unspecified atom stereocenters. The predicted octanol–water partition coefficient (Wildman–Crippen LogP) is 7.62. The molecule has 3 aromatic carbocycles. The number of fused-ring (bicyclic) bond motifs is 2. The molecule has 0 saturated carbocycles. The largest absolute Gasteiger partial charge is 0.244 e. The Labute approximate surface area is 183 Å². The molecule has 4 heteroatoms. The van der Waals surface area contributed by atoms with Crippen LogP contribution in [0.4, 0.5) is 0 Å². The number of hydrogen-bond acceptors (Lipinski definition) is 0. The molecule has 0 amide bonds. The first-order valence-corrected chi connectivity index (χ1v) is 22.1. The van der Waals surface area contributed by atoms with Crippen molar-refractivity contribution in [1.82, 2.24) is 0 Å². The molecule has 0 bridgehead atoms. The van der Waals surface area contributed by atoms with E-state index in [2.05, 4.69) is 128 Å². The van der Waals surface area contributed by atoms with Crippen LogP contribution in [0.2, 0.25) is 0 Å². The Hall–Kier alpha value is 0.340. The number of rotatable bonds is 4. The molecule has 0 spiro atoms. The Balaban J connectivity index is 2.44. The monoisotopic (exact) mass is 614 g/mol. The van der Waals surface area contributed by atoms with Crippen molar-refractivity contribution in [3.8, 4) is 0 Å². The molecule has 26 heavy (non-hydrogen) atoms. The highest BCUT2D eigenvalue weighted by molar-refractivity contribution is 14.2. The normalized spacial score (nSPS) is 16.2. The SMILES string of the molecule is C[SH](C)(C)(I)Cc1c2ccccc2c(C[SH](C)(C)(C)I)c2ccccc12. The summed E-state index contributed by atoms with van der Waals surface area (Å²) in [5.41, 5.74) is 3.10. The minimum atomic E-state index is -1.71. The van der Waals surface area contributed by atoms with Crippen LogP contribution in [0.1, 0.15) is 11.1 Å². The van der Waals surface area contributed by atoms with Gasteiger partial charge < -0.3 is 0 Å². The van der Waals surface area contributed by atoms with Crippen molar-refractivity contribution < 1.29 is 0 Å². The van der Waals surface area contributed by atoms with Crippen molar-refractivity contribution in [1.29, 1.82) is 0 Å². The second-order valence-electron chi connectivity index (χ2n) is 10.2.